The van der Waals surface area contributed by atoms with Crippen molar-refractivity contribution in [3.05, 3.63) is 29.6 Å². The van der Waals surface area contributed by atoms with Crippen molar-refractivity contribution in [3.8, 4) is 0 Å². The van der Waals surface area contributed by atoms with Gasteiger partial charge in [0.05, 0.1) is 0 Å². The number of aromatic nitrogens is 1. The average molecular weight is 190 g/mol. The number of rotatable bonds is 0. The molecule has 0 fully saturated rings. The first-order chi connectivity index (χ1) is 6.50. The molecule has 1 aromatic heterocycles. The zero-order valence-electron chi connectivity index (χ0n) is 9.41. The van der Waals surface area contributed by atoms with Crippen LogP contribution in [0.1, 0.15) is 44.9 Å². The molecule has 0 aliphatic carbocycles. The molecule has 76 valence electrons. The van der Waals surface area contributed by atoms with Crippen LogP contribution >= 0.6 is 0 Å². The summed E-state index contributed by atoms with van der Waals surface area (Å²) in [5, 5.41) is 0. The molecule has 0 amide bonds. The summed E-state index contributed by atoms with van der Waals surface area (Å²) in [5.41, 5.74) is 3.06. The van der Waals surface area contributed by atoms with E-state index in [4.69, 9.17) is 0 Å². The maximum atomic E-state index is 4.20. The Morgan fingerprint density at radius 2 is 2.14 bits per heavy atom. The fraction of sp³-hybridized carbons (Fsp3) is 0.583. The van der Waals surface area contributed by atoms with Gasteiger partial charge in [0.1, 0.15) is 0 Å². The van der Waals surface area contributed by atoms with E-state index in [1.165, 1.54) is 11.1 Å². The van der Waals surface area contributed by atoms with Gasteiger partial charge in [-0.2, -0.15) is 0 Å². The molecular formula is C12H18N2. The molecule has 2 nitrogen and oxygen atoms in total. The zero-order valence-corrected chi connectivity index (χ0v) is 9.41. The van der Waals surface area contributed by atoms with Crippen molar-refractivity contribution in [2.45, 2.75) is 45.8 Å². The third-order valence-corrected chi connectivity index (χ3v) is 3.07. The Morgan fingerprint density at radius 1 is 1.43 bits per heavy atom. The lowest BCUT2D eigenvalue weighted by Gasteiger charge is -2.35. The van der Waals surface area contributed by atoms with E-state index in [0.717, 1.165) is 6.54 Å². The topological polar surface area (TPSA) is 16.1 Å². The smallest absolute Gasteiger partial charge is 0.0347 e. The third kappa shape index (κ3) is 1.44. The lowest BCUT2D eigenvalue weighted by molar-refractivity contribution is 0.100. The summed E-state index contributed by atoms with van der Waals surface area (Å²) in [6.07, 6.45) is 3.89. The number of pyridine rings is 1. The first-order valence-electron chi connectivity index (χ1n) is 5.19. The fourth-order valence-electron chi connectivity index (χ4n) is 2.26. The second kappa shape index (κ2) is 3.06. The SMILES string of the molecule is CC1c2cnccc2CN1C(C)(C)C. The van der Waals surface area contributed by atoms with Crippen LogP contribution in [0.4, 0.5) is 0 Å². The molecule has 1 aliphatic heterocycles. The number of hydrogen-bond donors (Lipinski definition) is 0. The summed E-state index contributed by atoms with van der Waals surface area (Å²) in [5.74, 6) is 0. The van der Waals surface area contributed by atoms with E-state index in [1.54, 1.807) is 0 Å². The van der Waals surface area contributed by atoms with Crippen LogP contribution in [0.25, 0.3) is 0 Å². The molecule has 0 N–H and O–H groups in total. The molecule has 1 aliphatic rings. The molecule has 0 saturated heterocycles. The lowest BCUT2D eigenvalue weighted by atomic mass is 10.0. The molecule has 2 rings (SSSR count). The summed E-state index contributed by atoms with van der Waals surface area (Å²) in [4.78, 5) is 6.71. The van der Waals surface area contributed by atoms with Crippen LogP contribution in [0.5, 0.6) is 0 Å². The van der Waals surface area contributed by atoms with E-state index in [-0.39, 0.29) is 5.54 Å². The summed E-state index contributed by atoms with van der Waals surface area (Å²) in [7, 11) is 0. The highest BCUT2D eigenvalue weighted by Gasteiger charge is 2.33. The molecule has 0 aromatic carbocycles. The molecule has 1 atom stereocenters. The Morgan fingerprint density at radius 3 is 2.71 bits per heavy atom. The molecule has 1 aromatic rings. The number of fused-ring (bicyclic) bond motifs is 1. The van der Waals surface area contributed by atoms with Crippen molar-refractivity contribution >= 4 is 0 Å². The minimum absolute atomic E-state index is 0.235. The quantitative estimate of drug-likeness (QED) is 0.625. The third-order valence-electron chi connectivity index (χ3n) is 3.07. The predicted octanol–water partition coefficient (Wildman–Crippen LogP) is 2.76. The fourth-order valence-corrected chi connectivity index (χ4v) is 2.26. The van der Waals surface area contributed by atoms with E-state index in [2.05, 4.69) is 43.6 Å². The number of hydrogen-bond acceptors (Lipinski definition) is 2. The Balaban J connectivity index is 2.35. The van der Waals surface area contributed by atoms with Gasteiger partial charge in [-0.1, -0.05) is 0 Å². The van der Waals surface area contributed by atoms with Gasteiger partial charge in [0.15, 0.2) is 0 Å². The van der Waals surface area contributed by atoms with Gasteiger partial charge in [0, 0.05) is 30.5 Å². The second-order valence-electron chi connectivity index (χ2n) is 5.05. The van der Waals surface area contributed by atoms with Crippen LogP contribution in [-0.4, -0.2) is 15.4 Å². The summed E-state index contributed by atoms with van der Waals surface area (Å²) < 4.78 is 0. The summed E-state index contributed by atoms with van der Waals surface area (Å²) in [6, 6.07) is 2.64. The molecule has 0 spiro atoms. The highest BCUT2D eigenvalue weighted by atomic mass is 15.2. The van der Waals surface area contributed by atoms with Gasteiger partial charge in [0.25, 0.3) is 0 Å². The normalized spacial score (nSPS) is 22.4. The van der Waals surface area contributed by atoms with Crippen LogP contribution in [0.2, 0.25) is 0 Å². The predicted molar refractivity (Wildman–Crippen MR) is 57.9 cm³/mol. The number of nitrogens with zero attached hydrogens (tertiary/aromatic N) is 2. The molecule has 0 radical (unpaired) electrons. The van der Waals surface area contributed by atoms with Crippen LogP contribution in [-0.2, 0) is 6.54 Å². The van der Waals surface area contributed by atoms with Crippen molar-refractivity contribution in [1.82, 2.24) is 9.88 Å². The molecule has 2 heterocycles. The van der Waals surface area contributed by atoms with Crippen molar-refractivity contribution in [2.24, 2.45) is 0 Å². The molecular weight excluding hydrogens is 172 g/mol. The van der Waals surface area contributed by atoms with Crippen molar-refractivity contribution in [3.63, 3.8) is 0 Å². The zero-order chi connectivity index (χ0) is 10.3. The highest BCUT2D eigenvalue weighted by molar-refractivity contribution is 5.31. The Hall–Kier alpha value is -0.890. The Bertz CT molecular complexity index is 338. The minimum Gasteiger partial charge on any atom is -0.287 e. The highest BCUT2D eigenvalue weighted by Crippen LogP contribution is 2.37. The first kappa shape index (κ1) is 9.66. The molecule has 0 bridgehead atoms. The van der Waals surface area contributed by atoms with Crippen molar-refractivity contribution in [2.75, 3.05) is 0 Å². The lowest BCUT2D eigenvalue weighted by Crippen LogP contribution is -2.38. The van der Waals surface area contributed by atoms with E-state index in [9.17, 15) is 0 Å². The van der Waals surface area contributed by atoms with E-state index < -0.39 is 0 Å². The van der Waals surface area contributed by atoms with Gasteiger partial charge >= 0.3 is 0 Å². The van der Waals surface area contributed by atoms with Gasteiger partial charge in [-0.25, -0.2) is 0 Å². The standard InChI is InChI=1S/C12H18N2/c1-9-11-7-13-6-5-10(11)8-14(9)12(2,3)4/h5-7,9H,8H2,1-4H3. The van der Waals surface area contributed by atoms with Gasteiger partial charge in [-0.3, -0.25) is 9.88 Å². The van der Waals surface area contributed by atoms with Crippen LogP contribution in [0.15, 0.2) is 18.5 Å². The van der Waals surface area contributed by atoms with Crippen LogP contribution < -0.4 is 0 Å². The van der Waals surface area contributed by atoms with E-state index >= 15 is 0 Å². The van der Waals surface area contributed by atoms with Crippen molar-refractivity contribution < 1.29 is 0 Å². The van der Waals surface area contributed by atoms with Gasteiger partial charge in [-0.05, 0) is 44.9 Å². The van der Waals surface area contributed by atoms with Gasteiger partial charge in [0.2, 0.25) is 0 Å². The maximum absolute atomic E-state index is 4.20. The van der Waals surface area contributed by atoms with Crippen LogP contribution in [0.3, 0.4) is 0 Å². The summed E-state index contributed by atoms with van der Waals surface area (Å²) >= 11 is 0. The van der Waals surface area contributed by atoms with Gasteiger partial charge < -0.3 is 0 Å². The molecule has 1 unspecified atom stereocenters. The van der Waals surface area contributed by atoms with Crippen LogP contribution in [0, 0.1) is 0 Å². The van der Waals surface area contributed by atoms with Crippen molar-refractivity contribution in [1.29, 1.82) is 0 Å². The average Bonchev–Trinajstić information content (AvgIpc) is 2.44. The van der Waals surface area contributed by atoms with E-state index in [0.29, 0.717) is 6.04 Å². The molecule has 14 heavy (non-hydrogen) atoms. The minimum atomic E-state index is 0.235. The molecule has 2 heteroatoms. The molecule has 0 saturated carbocycles. The summed E-state index contributed by atoms with van der Waals surface area (Å²) in [6.45, 7) is 10.1. The monoisotopic (exact) mass is 190 g/mol. The second-order valence-corrected chi connectivity index (χ2v) is 5.05. The largest absolute Gasteiger partial charge is 0.287 e. The van der Waals surface area contributed by atoms with E-state index in [1.807, 2.05) is 12.4 Å². The maximum Gasteiger partial charge on any atom is 0.0347 e. The Kier molecular flexibility index (Phi) is 2.11. The first-order valence-corrected chi connectivity index (χ1v) is 5.19. The van der Waals surface area contributed by atoms with Gasteiger partial charge in [-0.15, -0.1) is 0 Å². The Labute approximate surface area is 86.0 Å².